The third-order valence-electron chi connectivity index (χ3n) is 6.86. The molecule has 3 amide bonds. The van der Waals surface area contributed by atoms with Gasteiger partial charge < -0.3 is 10.2 Å². The molecule has 2 fully saturated rings. The van der Waals surface area contributed by atoms with Crippen LogP contribution < -0.4 is 10.2 Å². The lowest BCUT2D eigenvalue weighted by atomic mass is 9.84. The van der Waals surface area contributed by atoms with Gasteiger partial charge in [0.05, 0.1) is 23.6 Å². The summed E-state index contributed by atoms with van der Waals surface area (Å²) in [4.78, 5) is 44.2. The van der Waals surface area contributed by atoms with Crippen molar-refractivity contribution < 1.29 is 14.4 Å². The van der Waals surface area contributed by atoms with E-state index in [4.69, 9.17) is 11.6 Å². The Bertz CT molecular complexity index is 1340. The Labute approximate surface area is 201 Å². The quantitative estimate of drug-likeness (QED) is 0.574. The van der Waals surface area contributed by atoms with Crippen LogP contribution in [-0.4, -0.2) is 28.7 Å². The van der Waals surface area contributed by atoms with Gasteiger partial charge in [-0.1, -0.05) is 54.1 Å². The third kappa shape index (κ3) is 3.06. The second-order valence-electron chi connectivity index (χ2n) is 8.68. The molecule has 0 saturated carbocycles. The molecule has 3 aliphatic rings. The Morgan fingerprint density at radius 2 is 1.50 bits per heavy atom. The van der Waals surface area contributed by atoms with Gasteiger partial charge in [-0.15, -0.1) is 0 Å². The van der Waals surface area contributed by atoms with E-state index in [-0.39, 0.29) is 17.7 Å². The number of halogens is 1. The summed E-state index contributed by atoms with van der Waals surface area (Å²) in [6, 6.07) is 22.3. The molecule has 1 unspecified atom stereocenters. The van der Waals surface area contributed by atoms with Gasteiger partial charge in [0.1, 0.15) is 6.04 Å². The van der Waals surface area contributed by atoms with Gasteiger partial charge >= 0.3 is 0 Å². The highest BCUT2D eigenvalue weighted by Gasteiger charge is 2.64. The molecule has 4 atom stereocenters. The second-order valence-corrected chi connectivity index (χ2v) is 9.11. The number of carbonyl (C=O) groups excluding carboxylic acids is 3. The monoisotopic (exact) mass is 469 g/mol. The molecule has 0 radical (unpaired) electrons. The van der Waals surface area contributed by atoms with Gasteiger partial charge in [-0.2, -0.15) is 0 Å². The molecule has 0 aliphatic carbocycles. The minimum absolute atomic E-state index is 0.275. The van der Waals surface area contributed by atoms with E-state index in [1.807, 2.05) is 47.5 Å². The highest BCUT2D eigenvalue weighted by atomic mass is 35.5. The second kappa shape index (κ2) is 7.85. The number of benzene rings is 3. The number of amides is 3. The molecule has 34 heavy (non-hydrogen) atoms. The van der Waals surface area contributed by atoms with Crippen LogP contribution in [0.1, 0.15) is 17.2 Å². The van der Waals surface area contributed by atoms with E-state index in [0.29, 0.717) is 16.4 Å². The number of hydrogen-bond donors (Lipinski definition) is 1. The number of nitrogens with zero attached hydrogens (tertiary/aromatic N) is 2. The van der Waals surface area contributed by atoms with Crippen molar-refractivity contribution in [2.45, 2.75) is 12.1 Å². The number of imide groups is 1. The van der Waals surface area contributed by atoms with E-state index in [1.54, 1.807) is 48.5 Å². The average molecular weight is 470 g/mol. The Morgan fingerprint density at radius 3 is 2.26 bits per heavy atom. The number of hydrogen-bond acceptors (Lipinski definition) is 4. The highest BCUT2D eigenvalue weighted by molar-refractivity contribution is 6.30. The Hall–Kier alpha value is -3.90. The predicted molar refractivity (Wildman–Crippen MR) is 130 cm³/mol. The Kier molecular flexibility index (Phi) is 4.78. The predicted octanol–water partition coefficient (Wildman–Crippen LogP) is 4.49. The van der Waals surface area contributed by atoms with Gasteiger partial charge in [-0.25, -0.2) is 4.90 Å². The minimum atomic E-state index is -0.833. The average Bonchev–Trinajstić information content (AvgIpc) is 3.33. The Morgan fingerprint density at radius 1 is 0.824 bits per heavy atom. The molecular formula is C27H20ClN3O3. The molecule has 3 heterocycles. The number of fused-ring (bicyclic) bond motifs is 5. The largest absolute Gasteiger partial charge is 0.357 e. The van der Waals surface area contributed by atoms with E-state index in [0.717, 1.165) is 11.1 Å². The lowest BCUT2D eigenvalue weighted by Crippen LogP contribution is -2.46. The normalized spacial score (nSPS) is 24.6. The summed E-state index contributed by atoms with van der Waals surface area (Å²) in [5.41, 5.74) is 3.03. The van der Waals surface area contributed by atoms with Crippen molar-refractivity contribution in [1.82, 2.24) is 4.90 Å². The van der Waals surface area contributed by atoms with Crippen molar-refractivity contribution in [3.8, 4) is 0 Å². The van der Waals surface area contributed by atoms with E-state index >= 15 is 0 Å². The minimum Gasteiger partial charge on any atom is -0.357 e. The fourth-order valence-electron chi connectivity index (χ4n) is 5.44. The number of carbonyl (C=O) groups is 3. The van der Waals surface area contributed by atoms with Crippen LogP contribution in [0.4, 0.5) is 11.4 Å². The molecule has 6 nitrogen and oxygen atoms in total. The van der Waals surface area contributed by atoms with E-state index in [9.17, 15) is 14.4 Å². The first kappa shape index (κ1) is 20.7. The summed E-state index contributed by atoms with van der Waals surface area (Å²) < 4.78 is 0. The zero-order valence-electron chi connectivity index (χ0n) is 18.0. The third-order valence-corrected chi connectivity index (χ3v) is 7.11. The van der Waals surface area contributed by atoms with E-state index < -0.39 is 23.9 Å². The lowest BCUT2D eigenvalue weighted by Gasteiger charge is -2.35. The van der Waals surface area contributed by atoms with E-state index in [2.05, 4.69) is 5.32 Å². The topological polar surface area (TPSA) is 69.7 Å². The smallest absolute Gasteiger partial charge is 0.247 e. The maximum atomic E-state index is 13.7. The van der Waals surface area contributed by atoms with Crippen LogP contribution in [0.25, 0.3) is 6.08 Å². The molecular weight excluding hydrogens is 450 g/mol. The van der Waals surface area contributed by atoms with Crippen molar-refractivity contribution in [2.75, 3.05) is 10.2 Å². The zero-order valence-corrected chi connectivity index (χ0v) is 18.7. The van der Waals surface area contributed by atoms with Crippen LogP contribution in [0.2, 0.25) is 5.02 Å². The summed E-state index contributed by atoms with van der Waals surface area (Å²) in [6.45, 7) is 0. The van der Waals surface area contributed by atoms with Crippen molar-refractivity contribution in [3.05, 3.63) is 101 Å². The summed E-state index contributed by atoms with van der Waals surface area (Å²) in [7, 11) is 0. The zero-order chi connectivity index (χ0) is 23.4. The van der Waals surface area contributed by atoms with Gasteiger partial charge in [0.15, 0.2) is 0 Å². The van der Waals surface area contributed by atoms with Crippen LogP contribution in [-0.2, 0) is 14.4 Å². The molecule has 3 aromatic rings. The summed E-state index contributed by atoms with van der Waals surface area (Å²) in [5.74, 6) is -2.43. The molecule has 6 rings (SSSR count). The fraction of sp³-hybridized carbons (Fsp3) is 0.148. The molecule has 1 N–H and O–H groups in total. The summed E-state index contributed by atoms with van der Waals surface area (Å²) >= 11 is 5.98. The first-order chi connectivity index (χ1) is 16.5. The molecule has 3 aliphatic heterocycles. The van der Waals surface area contributed by atoms with Gasteiger partial charge in [0.2, 0.25) is 17.7 Å². The fourth-order valence-corrected chi connectivity index (χ4v) is 5.56. The molecule has 7 heteroatoms. The van der Waals surface area contributed by atoms with Crippen molar-refractivity contribution in [1.29, 1.82) is 0 Å². The summed E-state index contributed by atoms with van der Waals surface area (Å²) in [6.07, 6.45) is 3.77. The SMILES string of the molecule is O=C(Nc1ccc(Cl)cc1)[C@H]1[C@H]2C(=O)N(c3ccccc3)C(=O)[C@H]2C2c3ccccc3C=CN21. The molecule has 2 saturated heterocycles. The standard InChI is InChI=1S/C27H20ClN3O3/c28-17-10-12-18(13-11-17)29-25(32)24-22-21(23-20-9-5-4-6-16(20)14-15-30(23)24)26(33)31(27(22)34)19-7-2-1-3-8-19/h1-15,21-24H,(H,29,32)/t21-,22+,23?,24-/m1/s1. The van der Waals surface area contributed by atoms with Crippen molar-refractivity contribution in [3.63, 3.8) is 0 Å². The maximum Gasteiger partial charge on any atom is 0.247 e. The van der Waals surface area contributed by atoms with Crippen LogP contribution in [0, 0.1) is 11.8 Å². The molecule has 0 bridgehead atoms. The van der Waals surface area contributed by atoms with Crippen LogP contribution >= 0.6 is 11.6 Å². The Balaban J connectivity index is 1.44. The molecule has 3 aromatic carbocycles. The first-order valence-corrected chi connectivity index (χ1v) is 11.5. The van der Waals surface area contributed by atoms with Crippen molar-refractivity contribution >= 4 is 46.8 Å². The van der Waals surface area contributed by atoms with Gasteiger partial charge in [0.25, 0.3) is 0 Å². The van der Waals surface area contributed by atoms with Crippen LogP contribution in [0.5, 0.6) is 0 Å². The maximum absolute atomic E-state index is 13.7. The summed E-state index contributed by atoms with van der Waals surface area (Å²) in [5, 5.41) is 3.48. The number of rotatable bonds is 3. The van der Waals surface area contributed by atoms with Crippen molar-refractivity contribution in [2.24, 2.45) is 11.8 Å². The van der Waals surface area contributed by atoms with Crippen LogP contribution in [0.15, 0.2) is 85.1 Å². The molecule has 0 aromatic heterocycles. The molecule has 0 spiro atoms. The van der Waals surface area contributed by atoms with Crippen LogP contribution in [0.3, 0.4) is 0 Å². The number of anilines is 2. The van der Waals surface area contributed by atoms with Gasteiger partial charge in [0, 0.05) is 16.9 Å². The van der Waals surface area contributed by atoms with E-state index in [1.165, 1.54) is 4.90 Å². The first-order valence-electron chi connectivity index (χ1n) is 11.1. The highest BCUT2D eigenvalue weighted by Crippen LogP contribution is 2.53. The molecule has 168 valence electrons. The van der Waals surface area contributed by atoms with Gasteiger partial charge in [-0.3, -0.25) is 14.4 Å². The lowest BCUT2D eigenvalue weighted by molar-refractivity contribution is -0.128. The number of para-hydroxylation sites is 1. The van der Waals surface area contributed by atoms with Gasteiger partial charge in [-0.05, 0) is 53.6 Å². The number of nitrogens with one attached hydrogen (secondary N) is 1.